The molecule has 0 saturated carbocycles. The third-order valence-corrected chi connectivity index (χ3v) is 3.32. The fourth-order valence-corrected chi connectivity index (χ4v) is 1.99. The summed E-state index contributed by atoms with van der Waals surface area (Å²) in [6.45, 7) is 5.53. The average Bonchev–Trinajstić information content (AvgIpc) is 2.49. The molecule has 2 aromatic carbocycles. The van der Waals surface area contributed by atoms with Crippen molar-refractivity contribution in [1.29, 1.82) is 0 Å². The van der Waals surface area contributed by atoms with Crippen LogP contribution in [0.1, 0.15) is 20.8 Å². The number of rotatable bonds is 3. The molecule has 0 atom stereocenters. The molecule has 0 heterocycles. The van der Waals surface area contributed by atoms with Crippen LogP contribution >= 0.6 is 12.2 Å². The quantitative estimate of drug-likeness (QED) is 0.736. The second kappa shape index (κ2) is 7.24. The Morgan fingerprint density at radius 1 is 0.870 bits per heavy atom. The van der Waals surface area contributed by atoms with E-state index >= 15 is 0 Å². The molecule has 4 nitrogen and oxygen atoms in total. The van der Waals surface area contributed by atoms with Crippen molar-refractivity contribution in [3.63, 3.8) is 0 Å². The number of para-hydroxylation sites is 1. The third kappa shape index (κ3) is 5.38. The van der Waals surface area contributed by atoms with Crippen LogP contribution in [0.4, 0.5) is 17.1 Å². The molecular weight excluding hydrogens is 306 g/mol. The van der Waals surface area contributed by atoms with Crippen LogP contribution in [0, 0.1) is 5.41 Å². The zero-order valence-corrected chi connectivity index (χ0v) is 14.3. The lowest BCUT2D eigenvalue weighted by Crippen LogP contribution is -2.41. The Morgan fingerprint density at radius 2 is 1.39 bits per heavy atom. The van der Waals surface area contributed by atoms with Crippen molar-refractivity contribution in [2.45, 2.75) is 20.8 Å². The number of amides is 1. The van der Waals surface area contributed by atoms with Gasteiger partial charge in [-0.1, -0.05) is 39.0 Å². The Hall–Kier alpha value is -2.40. The van der Waals surface area contributed by atoms with Crippen molar-refractivity contribution in [3.05, 3.63) is 54.6 Å². The summed E-state index contributed by atoms with van der Waals surface area (Å²) in [6, 6.07) is 17.6. The van der Waals surface area contributed by atoms with Gasteiger partial charge in [0.2, 0.25) is 5.91 Å². The lowest BCUT2D eigenvalue weighted by molar-refractivity contribution is -0.126. The van der Waals surface area contributed by atoms with Gasteiger partial charge in [0.15, 0.2) is 5.11 Å². The molecule has 0 fully saturated rings. The van der Waals surface area contributed by atoms with Gasteiger partial charge in [-0.2, -0.15) is 0 Å². The highest BCUT2D eigenvalue weighted by atomic mass is 32.1. The van der Waals surface area contributed by atoms with E-state index in [9.17, 15) is 4.79 Å². The highest BCUT2D eigenvalue weighted by Gasteiger charge is 2.21. The molecule has 2 aromatic rings. The molecule has 0 spiro atoms. The van der Waals surface area contributed by atoms with Crippen LogP contribution in [0.5, 0.6) is 0 Å². The summed E-state index contributed by atoms with van der Waals surface area (Å²) in [5.41, 5.74) is 2.35. The lowest BCUT2D eigenvalue weighted by atomic mass is 9.96. The topological polar surface area (TPSA) is 53.2 Å². The van der Waals surface area contributed by atoms with Gasteiger partial charge in [-0.15, -0.1) is 0 Å². The van der Waals surface area contributed by atoms with E-state index in [0.717, 1.165) is 17.1 Å². The van der Waals surface area contributed by atoms with Crippen molar-refractivity contribution < 1.29 is 4.79 Å². The molecule has 0 bridgehead atoms. The summed E-state index contributed by atoms with van der Waals surface area (Å²) < 4.78 is 0. The van der Waals surface area contributed by atoms with Crippen molar-refractivity contribution in [3.8, 4) is 0 Å². The second-order valence-corrected chi connectivity index (χ2v) is 6.63. The largest absolute Gasteiger partial charge is 0.356 e. The predicted octanol–water partition coefficient (Wildman–Crippen LogP) is 4.29. The van der Waals surface area contributed by atoms with Crippen LogP contribution in [0.25, 0.3) is 0 Å². The van der Waals surface area contributed by atoms with Gasteiger partial charge in [0.05, 0.1) is 0 Å². The fraction of sp³-hybridized carbons (Fsp3) is 0.222. The van der Waals surface area contributed by atoms with Gasteiger partial charge < -0.3 is 16.0 Å². The van der Waals surface area contributed by atoms with Crippen LogP contribution in [0.2, 0.25) is 0 Å². The zero-order chi connectivity index (χ0) is 16.9. The number of benzene rings is 2. The first-order valence-corrected chi connectivity index (χ1v) is 7.80. The molecule has 0 unspecified atom stereocenters. The predicted molar refractivity (Wildman–Crippen MR) is 100.0 cm³/mol. The standard InChI is InChI=1S/C18H21N3OS/c1-18(2,3)16(22)21-17(23)20-15-11-9-14(10-12-15)19-13-7-5-4-6-8-13/h4-12,19H,1-3H3,(H2,20,21,22,23). The van der Waals surface area contributed by atoms with Gasteiger partial charge in [0, 0.05) is 22.5 Å². The lowest BCUT2D eigenvalue weighted by Gasteiger charge is -2.18. The van der Waals surface area contributed by atoms with E-state index < -0.39 is 5.41 Å². The van der Waals surface area contributed by atoms with Gasteiger partial charge in [0.1, 0.15) is 0 Å². The van der Waals surface area contributed by atoms with E-state index in [0.29, 0.717) is 5.11 Å². The molecule has 0 radical (unpaired) electrons. The number of nitrogens with one attached hydrogen (secondary N) is 3. The number of carbonyl (C=O) groups is 1. The number of carbonyl (C=O) groups excluding carboxylic acids is 1. The molecule has 0 aliphatic rings. The monoisotopic (exact) mass is 327 g/mol. The minimum atomic E-state index is -0.477. The highest BCUT2D eigenvalue weighted by molar-refractivity contribution is 7.80. The summed E-state index contributed by atoms with van der Waals surface area (Å²) in [5.74, 6) is -0.114. The van der Waals surface area contributed by atoms with Crippen molar-refractivity contribution in [2.75, 3.05) is 10.6 Å². The molecule has 2 rings (SSSR count). The second-order valence-electron chi connectivity index (χ2n) is 6.23. The summed E-state index contributed by atoms with van der Waals surface area (Å²) in [4.78, 5) is 11.9. The van der Waals surface area contributed by atoms with E-state index in [1.54, 1.807) is 0 Å². The number of hydrogen-bond donors (Lipinski definition) is 3. The minimum Gasteiger partial charge on any atom is -0.356 e. The molecule has 1 amide bonds. The first-order valence-electron chi connectivity index (χ1n) is 7.39. The average molecular weight is 327 g/mol. The van der Waals surface area contributed by atoms with Crippen LogP contribution < -0.4 is 16.0 Å². The SMILES string of the molecule is CC(C)(C)C(=O)NC(=S)Nc1ccc(Nc2ccccc2)cc1. The molecule has 5 heteroatoms. The molecule has 0 aliphatic heterocycles. The number of hydrogen-bond acceptors (Lipinski definition) is 3. The first kappa shape index (κ1) is 17.0. The van der Waals surface area contributed by atoms with Crippen LogP contribution in [-0.2, 0) is 4.79 Å². The van der Waals surface area contributed by atoms with Crippen molar-refractivity contribution >= 4 is 40.3 Å². The highest BCUT2D eigenvalue weighted by Crippen LogP contribution is 2.18. The van der Waals surface area contributed by atoms with Crippen molar-refractivity contribution in [2.24, 2.45) is 5.41 Å². The molecule has 0 saturated heterocycles. The van der Waals surface area contributed by atoms with Gasteiger partial charge in [0.25, 0.3) is 0 Å². The van der Waals surface area contributed by atoms with E-state index in [1.165, 1.54) is 0 Å². The third-order valence-electron chi connectivity index (χ3n) is 3.11. The summed E-state index contributed by atoms with van der Waals surface area (Å²) in [7, 11) is 0. The Labute approximate surface area is 142 Å². The van der Waals surface area contributed by atoms with Gasteiger partial charge >= 0.3 is 0 Å². The van der Waals surface area contributed by atoms with Gasteiger partial charge in [-0.3, -0.25) is 4.79 Å². The maximum atomic E-state index is 11.9. The smallest absolute Gasteiger partial charge is 0.231 e. The first-order chi connectivity index (χ1) is 10.8. The number of thiocarbonyl (C=S) groups is 1. The van der Waals surface area contributed by atoms with E-state index in [-0.39, 0.29) is 5.91 Å². The summed E-state index contributed by atoms with van der Waals surface area (Å²) in [5, 5.41) is 9.30. The molecule has 23 heavy (non-hydrogen) atoms. The van der Waals surface area contributed by atoms with E-state index in [1.807, 2.05) is 75.4 Å². The van der Waals surface area contributed by atoms with Gasteiger partial charge in [-0.25, -0.2) is 0 Å². The fourth-order valence-electron chi connectivity index (χ4n) is 1.78. The maximum Gasteiger partial charge on any atom is 0.231 e. The minimum absolute atomic E-state index is 0.114. The molecular formula is C18H21N3OS. The molecule has 0 aromatic heterocycles. The molecule has 3 N–H and O–H groups in total. The summed E-state index contributed by atoms with van der Waals surface area (Å²) >= 11 is 5.16. The van der Waals surface area contributed by atoms with Crippen molar-refractivity contribution in [1.82, 2.24) is 5.32 Å². The van der Waals surface area contributed by atoms with Gasteiger partial charge in [-0.05, 0) is 48.6 Å². The van der Waals surface area contributed by atoms with Crippen LogP contribution in [0.15, 0.2) is 54.6 Å². The summed E-state index contributed by atoms with van der Waals surface area (Å²) in [6.07, 6.45) is 0. The molecule has 120 valence electrons. The Balaban J connectivity index is 1.92. The van der Waals surface area contributed by atoms with Crippen LogP contribution in [0.3, 0.4) is 0 Å². The van der Waals surface area contributed by atoms with E-state index in [2.05, 4.69) is 16.0 Å². The Morgan fingerprint density at radius 3 is 1.96 bits per heavy atom. The Kier molecular flexibility index (Phi) is 5.34. The Bertz CT molecular complexity index is 676. The zero-order valence-electron chi connectivity index (χ0n) is 13.5. The number of anilines is 3. The van der Waals surface area contributed by atoms with E-state index in [4.69, 9.17) is 12.2 Å². The van der Waals surface area contributed by atoms with Crippen LogP contribution in [-0.4, -0.2) is 11.0 Å². The normalized spacial score (nSPS) is 10.7. The molecule has 0 aliphatic carbocycles. The maximum absolute atomic E-state index is 11.9.